The highest BCUT2D eigenvalue weighted by atomic mass is 16.6. The number of nitro groups is 1. The van der Waals surface area contributed by atoms with Gasteiger partial charge in [0, 0.05) is 29.0 Å². The van der Waals surface area contributed by atoms with Gasteiger partial charge >= 0.3 is 5.97 Å². The Balaban J connectivity index is 1.47. The third-order valence-electron chi connectivity index (χ3n) is 5.98. The SMILES string of the molecule is CCOC(=O)c1ccc(N2C(=O)/C(=C/c3ccc(-c4ccc([N+](=O)[O-])cc4)o3)C=C2c2ccccc2)cc1. The topological polar surface area (TPSA) is 103 Å². The zero-order valence-corrected chi connectivity index (χ0v) is 20.4. The number of carbonyl (C=O) groups is 2. The van der Waals surface area contributed by atoms with Crippen LogP contribution in [-0.2, 0) is 9.53 Å². The fourth-order valence-corrected chi connectivity index (χ4v) is 4.14. The number of furan rings is 1. The minimum Gasteiger partial charge on any atom is -0.462 e. The lowest BCUT2D eigenvalue weighted by molar-refractivity contribution is -0.384. The summed E-state index contributed by atoms with van der Waals surface area (Å²) in [6, 6.07) is 25.8. The van der Waals surface area contributed by atoms with Crippen LogP contribution in [0.5, 0.6) is 0 Å². The van der Waals surface area contributed by atoms with Gasteiger partial charge in [0.15, 0.2) is 0 Å². The monoisotopic (exact) mass is 506 g/mol. The molecule has 8 heteroatoms. The molecule has 188 valence electrons. The Labute approximate surface area is 218 Å². The number of carbonyl (C=O) groups excluding carboxylic acids is 2. The van der Waals surface area contributed by atoms with Crippen LogP contribution >= 0.6 is 0 Å². The van der Waals surface area contributed by atoms with E-state index >= 15 is 0 Å². The zero-order valence-electron chi connectivity index (χ0n) is 20.4. The van der Waals surface area contributed by atoms with Gasteiger partial charge in [0.1, 0.15) is 11.5 Å². The van der Waals surface area contributed by atoms with E-state index in [2.05, 4.69) is 0 Å². The fraction of sp³-hybridized carbons (Fsp3) is 0.0667. The number of hydrogen-bond acceptors (Lipinski definition) is 6. The second-order valence-electron chi connectivity index (χ2n) is 8.41. The van der Waals surface area contributed by atoms with Crippen molar-refractivity contribution in [3.8, 4) is 11.3 Å². The third kappa shape index (κ3) is 4.87. The number of benzene rings is 3. The van der Waals surface area contributed by atoms with Crippen molar-refractivity contribution in [2.75, 3.05) is 11.5 Å². The molecule has 1 aromatic heterocycles. The molecule has 0 aliphatic carbocycles. The first-order valence-corrected chi connectivity index (χ1v) is 11.9. The number of nitro benzene ring substituents is 1. The summed E-state index contributed by atoms with van der Waals surface area (Å²) in [4.78, 5) is 37.7. The van der Waals surface area contributed by atoms with Crippen LogP contribution in [0.4, 0.5) is 11.4 Å². The van der Waals surface area contributed by atoms with Gasteiger partial charge in [-0.2, -0.15) is 0 Å². The van der Waals surface area contributed by atoms with E-state index in [1.165, 1.54) is 12.1 Å². The average Bonchev–Trinajstić information content (AvgIpc) is 3.54. The second-order valence-corrected chi connectivity index (χ2v) is 8.41. The summed E-state index contributed by atoms with van der Waals surface area (Å²) in [6.45, 7) is 2.02. The van der Waals surface area contributed by atoms with Crippen molar-refractivity contribution in [3.63, 3.8) is 0 Å². The predicted molar refractivity (Wildman–Crippen MR) is 143 cm³/mol. The molecule has 0 saturated heterocycles. The zero-order chi connectivity index (χ0) is 26.6. The molecule has 38 heavy (non-hydrogen) atoms. The molecule has 0 N–H and O–H groups in total. The minimum absolute atomic E-state index is 0.00633. The van der Waals surface area contributed by atoms with E-state index in [0.29, 0.717) is 39.6 Å². The molecule has 4 aromatic rings. The summed E-state index contributed by atoms with van der Waals surface area (Å²) in [5, 5.41) is 10.9. The maximum Gasteiger partial charge on any atom is 0.338 e. The van der Waals surface area contributed by atoms with Crippen LogP contribution in [0.3, 0.4) is 0 Å². The Kier molecular flexibility index (Phi) is 6.69. The van der Waals surface area contributed by atoms with E-state index < -0.39 is 10.9 Å². The molecule has 3 aromatic carbocycles. The molecule has 0 atom stereocenters. The Hall–Kier alpha value is -5.24. The highest BCUT2D eigenvalue weighted by molar-refractivity contribution is 6.23. The molecule has 0 radical (unpaired) electrons. The largest absolute Gasteiger partial charge is 0.462 e. The van der Waals surface area contributed by atoms with Crippen LogP contribution in [-0.4, -0.2) is 23.4 Å². The number of non-ortho nitro benzene ring substituents is 1. The second kappa shape index (κ2) is 10.4. The molecular formula is C30H22N2O6. The van der Waals surface area contributed by atoms with Crippen molar-refractivity contribution in [2.45, 2.75) is 6.92 Å². The number of amides is 1. The summed E-state index contributed by atoms with van der Waals surface area (Å²) in [5.74, 6) is 0.314. The van der Waals surface area contributed by atoms with E-state index in [-0.39, 0.29) is 18.2 Å². The number of ether oxygens (including phenoxy) is 1. The van der Waals surface area contributed by atoms with E-state index in [1.807, 2.05) is 30.3 Å². The van der Waals surface area contributed by atoms with Crippen molar-refractivity contribution in [1.82, 2.24) is 0 Å². The lowest BCUT2D eigenvalue weighted by Crippen LogP contribution is -2.25. The summed E-state index contributed by atoms with van der Waals surface area (Å²) >= 11 is 0. The molecule has 0 saturated carbocycles. The quantitative estimate of drug-likeness (QED) is 0.123. The molecule has 8 nitrogen and oxygen atoms in total. The maximum atomic E-state index is 13.6. The van der Waals surface area contributed by atoms with Gasteiger partial charge in [-0.25, -0.2) is 4.79 Å². The van der Waals surface area contributed by atoms with Gasteiger partial charge in [0.05, 0.1) is 22.8 Å². The average molecular weight is 507 g/mol. The van der Waals surface area contributed by atoms with Crippen molar-refractivity contribution in [3.05, 3.63) is 130 Å². The van der Waals surface area contributed by atoms with Gasteiger partial charge in [0.2, 0.25) is 0 Å². The molecule has 0 bridgehead atoms. The molecule has 0 spiro atoms. The standard InChI is InChI=1S/C30H22N2O6/c1-2-37-30(34)22-10-12-24(13-11-22)31-27(20-6-4-3-5-7-20)19-23(29(31)33)18-26-16-17-28(38-26)21-8-14-25(15-9-21)32(35)36/h3-19H,2H2,1H3/b23-18+. The van der Waals surface area contributed by atoms with E-state index in [1.54, 1.807) is 72.5 Å². The van der Waals surface area contributed by atoms with Crippen LogP contribution in [0.2, 0.25) is 0 Å². The van der Waals surface area contributed by atoms with Crippen LogP contribution in [0.1, 0.15) is 28.6 Å². The van der Waals surface area contributed by atoms with Gasteiger partial charge in [-0.3, -0.25) is 19.8 Å². The smallest absolute Gasteiger partial charge is 0.338 e. The van der Waals surface area contributed by atoms with Crippen molar-refractivity contribution in [2.24, 2.45) is 0 Å². The number of hydrogen-bond donors (Lipinski definition) is 0. The molecule has 0 fully saturated rings. The van der Waals surface area contributed by atoms with Crippen LogP contribution in [0.25, 0.3) is 23.1 Å². The van der Waals surface area contributed by atoms with Crippen molar-refractivity contribution in [1.29, 1.82) is 0 Å². The minimum atomic E-state index is -0.458. The first-order valence-electron chi connectivity index (χ1n) is 11.9. The summed E-state index contributed by atoms with van der Waals surface area (Å²) in [6.07, 6.45) is 3.46. The van der Waals surface area contributed by atoms with Gasteiger partial charge in [-0.05, 0) is 73.2 Å². The van der Waals surface area contributed by atoms with E-state index in [4.69, 9.17) is 9.15 Å². The van der Waals surface area contributed by atoms with Gasteiger partial charge in [0.25, 0.3) is 11.6 Å². The molecule has 1 aliphatic heterocycles. The predicted octanol–water partition coefficient (Wildman–Crippen LogP) is 6.50. The van der Waals surface area contributed by atoms with Crippen molar-refractivity contribution < 1.29 is 23.7 Å². The Morgan fingerprint density at radius 2 is 1.66 bits per heavy atom. The van der Waals surface area contributed by atoms with Gasteiger partial charge < -0.3 is 9.15 Å². The number of anilines is 1. The lowest BCUT2D eigenvalue weighted by Gasteiger charge is -2.21. The summed E-state index contributed by atoms with van der Waals surface area (Å²) in [7, 11) is 0. The first-order chi connectivity index (χ1) is 18.4. The first kappa shape index (κ1) is 24.5. The molecule has 1 aliphatic rings. The Morgan fingerprint density at radius 1 is 0.947 bits per heavy atom. The van der Waals surface area contributed by atoms with Crippen LogP contribution < -0.4 is 4.90 Å². The number of rotatable bonds is 7. The summed E-state index contributed by atoms with van der Waals surface area (Å²) < 4.78 is 11.0. The lowest BCUT2D eigenvalue weighted by atomic mass is 10.1. The maximum absolute atomic E-state index is 13.6. The highest BCUT2D eigenvalue weighted by Gasteiger charge is 2.31. The van der Waals surface area contributed by atoms with Crippen LogP contribution in [0, 0.1) is 10.1 Å². The fourth-order valence-electron chi connectivity index (χ4n) is 4.14. The Morgan fingerprint density at radius 3 is 2.32 bits per heavy atom. The molecule has 0 unspecified atom stereocenters. The Bertz CT molecular complexity index is 1570. The van der Waals surface area contributed by atoms with Crippen LogP contribution in [0.15, 0.2) is 107 Å². The van der Waals surface area contributed by atoms with E-state index in [0.717, 1.165) is 5.56 Å². The number of nitrogens with zero attached hydrogens (tertiary/aromatic N) is 2. The summed E-state index contributed by atoms with van der Waals surface area (Å²) in [5.41, 5.74) is 3.64. The molecule has 2 heterocycles. The normalized spacial score (nSPS) is 14.0. The third-order valence-corrected chi connectivity index (χ3v) is 5.98. The van der Waals surface area contributed by atoms with Gasteiger partial charge in [-0.15, -0.1) is 0 Å². The van der Waals surface area contributed by atoms with Crippen molar-refractivity contribution >= 4 is 35.0 Å². The highest BCUT2D eigenvalue weighted by Crippen LogP contribution is 2.36. The molecule has 1 amide bonds. The van der Waals surface area contributed by atoms with E-state index in [9.17, 15) is 19.7 Å². The number of esters is 1. The molecular weight excluding hydrogens is 484 g/mol. The molecule has 5 rings (SSSR count). The van der Waals surface area contributed by atoms with Gasteiger partial charge in [-0.1, -0.05) is 30.3 Å².